The molecule has 0 unspecified atom stereocenters. The Labute approximate surface area is 821 Å². The Balaban J connectivity index is 2.16. The minimum Gasteiger partial charge on any atom is -0.508 e. The van der Waals surface area contributed by atoms with E-state index in [-0.39, 0.29) is 223 Å². The van der Waals surface area contributed by atoms with Gasteiger partial charge in [-0.05, 0) is 177 Å². The SMILES string of the molecule is N=C(N)NCCC[C@H](NC(=O)[C@@H]1CSSC[C@H](NC(=O)[C@H](CCCNC(=N)N)NC(=O)[C@H](CCCNC(=N)N)NC(=O)[C@@H](N)CCCNC(=N)N)C(=O)N[C@@H](Cc2ccc(O)cc2)C(=O)N[C@@H](CCCNC(N)=O)C(=O)N[C@@H](CCCCN)C(=O)N[C@H](CCCNC(N)=O)C(=O)N2CCC[C@H]2C(=O)N[C@@H](Cc2ccc(O)cc2)C(=O)N[C@@H](CCCNC(=N)N)C(=O)N[C@@H](CCCNC(N)=O)C(=O)N1)C(N)=O. The van der Waals surface area contributed by atoms with Crippen LogP contribution in [0.2, 0.25) is 0 Å². The minimum absolute atomic E-state index is 0.00844. The third-order valence-electron chi connectivity index (χ3n) is 21.9. The van der Waals surface area contributed by atoms with Crippen molar-refractivity contribution in [1.82, 2.24) is 111 Å². The number of carbonyl (C=O) groups excluding carboxylic acids is 17. The number of benzene rings is 2. The summed E-state index contributed by atoms with van der Waals surface area (Å²) in [5.74, 6) is -18.7. The molecule has 49 N–H and O–H groups in total. The molecule has 2 aliphatic heterocycles. The largest absolute Gasteiger partial charge is 0.508 e. The number of phenolic OH excluding ortho intramolecular Hbond substituents is 2. The number of fused-ring (bicyclic) bond motifs is 1. The second-order valence-corrected chi connectivity index (χ2v) is 35.8. The number of phenols is 2. The Morgan fingerprint density at radius 3 is 1.13 bits per heavy atom. The summed E-state index contributed by atoms with van der Waals surface area (Å²) >= 11 is 0. The Morgan fingerprint density at radius 1 is 0.383 bits per heavy atom. The number of primary amides is 4. The molecular formula is C83H141N37O19S2. The molecule has 14 atom stereocenters. The lowest BCUT2D eigenvalue weighted by atomic mass is 10.0. The fourth-order valence-electron chi connectivity index (χ4n) is 14.5. The maximum absolute atomic E-state index is 15.8. The lowest BCUT2D eigenvalue weighted by Gasteiger charge is -2.31. The molecule has 0 aromatic heterocycles. The van der Waals surface area contributed by atoms with Gasteiger partial charge in [-0.25, -0.2) is 14.4 Å². The van der Waals surface area contributed by atoms with Gasteiger partial charge in [0.05, 0.1) is 6.04 Å². The summed E-state index contributed by atoms with van der Waals surface area (Å²) in [6.07, 6.45) is -2.87. The van der Waals surface area contributed by atoms with E-state index in [0.29, 0.717) is 16.4 Å². The number of hydrogen-bond acceptors (Lipinski definition) is 28. The van der Waals surface area contributed by atoms with E-state index in [0.717, 1.165) is 15.7 Å². The van der Waals surface area contributed by atoms with Crippen LogP contribution in [0.1, 0.15) is 146 Å². The molecule has 2 aromatic rings. The van der Waals surface area contributed by atoms with Crippen molar-refractivity contribution in [1.29, 1.82) is 27.0 Å². The highest BCUT2D eigenvalue weighted by Crippen LogP contribution is 2.26. The van der Waals surface area contributed by atoms with E-state index in [1.807, 2.05) is 0 Å². The molecule has 0 saturated carbocycles. The molecule has 58 heteroatoms. The number of aromatic hydroxyl groups is 2. The van der Waals surface area contributed by atoms with Crippen LogP contribution in [0.15, 0.2) is 48.5 Å². The van der Waals surface area contributed by atoms with Crippen molar-refractivity contribution >= 4 is 152 Å². The van der Waals surface area contributed by atoms with Crippen LogP contribution in [-0.2, 0) is 80.0 Å². The lowest BCUT2D eigenvalue weighted by molar-refractivity contribution is -0.142. The van der Waals surface area contributed by atoms with Crippen LogP contribution in [0.25, 0.3) is 0 Å². The Kier molecular flexibility index (Phi) is 54.3. The summed E-state index contributed by atoms with van der Waals surface area (Å²) < 4.78 is 0. The van der Waals surface area contributed by atoms with Gasteiger partial charge in [0.2, 0.25) is 82.7 Å². The van der Waals surface area contributed by atoms with Gasteiger partial charge >= 0.3 is 18.1 Å². The smallest absolute Gasteiger partial charge is 0.312 e. The minimum atomic E-state index is -1.93. The molecule has 56 nitrogen and oxygen atoms in total. The number of carbonyl (C=O) groups is 17. The number of urea groups is 3. The molecule has 20 amide bonds. The van der Waals surface area contributed by atoms with Crippen LogP contribution in [-0.4, -0.2) is 307 Å². The lowest BCUT2D eigenvalue weighted by Crippen LogP contribution is -2.61. The quantitative estimate of drug-likeness (QED) is 0.0127. The molecule has 4 rings (SSSR count). The first-order valence-corrected chi connectivity index (χ1v) is 48.4. The predicted octanol–water partition coefficient (Wildman–Crippen LogP) is -10.3. The van der Waals surface area contributed by atoms with E-state index in [9.17, 15) is 39.0 Å². The first-order valence-electron chi connectivity index (χ1n) is 45.9. The van der Waals surface area contributed by atoms with Gasteiger partial charge in [0.1, 0.15) is 90.0 Å². The van der Waals surface area contributed by atoms with E-state index in [1.54, 1.807) is 0 Å². The molecule has 0 aliphatic carbocycles. The van der Waals surface area contributed by atoms with Gasteiger partial charge < -0.3 is 185 Å². The molecule has 2 aromatic carbocycles. The standard InChI is InChI=1S/C83H141N37O19S2/c84-30-2-1-13-50-67(128)115-56(20-10-38-107-83(99)139)75(136)120-39-11-21-61(120)74(135)117-58(41-45-24-28-47(122)29-25-45)71(132)114-52(16-6-34-103-79(93)94)66(127)112-55(19-9-37-106-82(98)138)69(130)118-59(72(133)108-49(62(86)123)14-4-32-101-77(89)90)42-140-141-43-60(73(134)116-57(40-44-22-26-46(121)27-23-44)70(131)113-53(65(126)110-50)18-8-36-105-81(97)137)119-68(129)54(17-7-35-104-80(95)96)111-64(125)51(15-5-33-102-78(91)92)109-63(124)48(85)12-3-31-100-76(87)88/h22-29,48-61,121-122H,1-21,30-43,84-85H2,(H2,86,123)(H,108,133)(H,109,124)(H,110,126)(H,111,125)(H,112,127)(H,113,131)(H,114,132)(H,115,128)(H,116,134)(H,117,135)(H,118,130)(H,119,129)(H4,87,88,100)(H4,89,90,101)(H4,91,92,102)(H4,93,94,103)(H4,95,96,104)(H3,97,105,137)(H3,98,106,138)(H3,99,107,139)/t48-,49-,50-,51-,52-,53-,54-,55-,56+,57-,58-,59-,60-,61-/m0/s1. The Hall–Kier alpha value is -14.6. The van der Waals surface area contributed by atoms with E-state index >= 15 is 52.7 Å². The van der Waals surface area contributed by atoms with Crippen molar-refractivity contribution in [2.75, 3.05) is 77.0 Å². The molecule has 2 aliphatic rings. The molecule has 784 valence electrons. The number of nitrogens with two attached hydrogens (primary N) is 11. The van der Waals surface area contributed by atoms with Gasteiger partial charge in [-0.3, -0.25) is 94.2 Å². The number of rotatable bonds is 49. The van der Waals surface area contributed by atoms with Crippen molar-refractivity contribution < 1.29 is 91.7 Å². The molecule has 141 heavy (non-hydrogen) atoms. The summed E-state index contributed by atoms with van der Waals surface area (Å²) in [6.45, 7) is -0.763. The summed E-state index contributed by atoms with van der Waals surface area (Å²) in [5, 5.41) is 111. The number of amides is 20. The number of unbranched alkanes of at least 4 members (excludes halogenated alkanes) is 1. The second-order valence-electron chi connectivity index (χ2n) is 33.2. The van der Waals surface area contributed by atoms with Gasteiger partial charge in [0, 0.05) is 83.3 Å². The zero-order chi connectivity index (χ0) is 105. The number of hydrogen-bond donors (Lipinski definition) is 38. The highest BCUT2D eigenvalue weighted by Gasteiger charge is 2.42. The Bertz CT molecular complexity index is 4550. The number of guanidine groups is 5. The summed E-state index contributed by atoms with van der Waals surface area (Å²) in [7, 11) is 1.43. The molecule has 0 radical (unpaired) electrons. The van der Waals surface area contributed by atoms with Crippen molar-refractivity contribution in [2.24, 2.45) is 63.1 Å². The fourth-order valence-corrected chi connectivity index (χ4v) is 16.8. The average molecular weight is 2030 g/mol. The Morgan fingerprint density at radius 2 is 0.723 bits per heavy atom. The van der Waals surface area contributed by atoms with Crippen molar-refractivity contribution in [3.05, 3.63) is 59.7 Å². The normalized spacial score (nSPS) is 20.2. The second kappa shape index (κ2) is 64.5. The maximum Gasteiger partial charge on any atom is 0.312 e. The van der Waals surface area contributed by atoms with E-state index in [1.165, 1.54) is 48.5 Å². The molecule has 2 fully saturated rings. The zero-order valence-corrected chi connectivity index (χ0v) is 80.0. The van der Waals surface area contributed by atoms with Crippen molar-refractivity contribution in [3.8, 4) is 11.5 Å². The van der Waals surface area contributed by atoms with Crippen LogP contribution in [0.4, 0.5) is 14.4 Å². The zero-order valence-electron chi connectivity index (χ0n) is 78.4. The van der Waals surface area contributed by atoms with E-state index in [2.05, 4.69) is 106 Å². The van der Waals surface area contributed by atoms with Gasteiger partial charge in [-0.1, -0.05) is 45.9 Å². The summed E-state index contributed by atoms with van der Waals surface area (Å²) in [4.78, 5) is 248. The van der Waals surface area contributed by atoms with Crippen LogP contribution in [0.3, 0.4) is 0 Å². The third kappa shape index (κ3) is 48.0. The van der Waals surface area contributed by atoms with Crippen LogP contribution in [0, 0.1) is 27.0 Å². The maximum atomic E-state index is 15.8. The molecule has 0 bridgehead atoms. The number of nitrogens with one attached hydrogen (secondary N) is 25. The molecule has 2 heterocycles. The van der Waals surface area contributed by atoms with E-state index < -0.39 is 234 Å². The van der Waals surface area contributed by atoms with Crippen molar-refractivity contribution in [2.45, 2.75) is 232 Å². The highest BCUT2D eigenvalue weighted by molar-refractivity contribution is 8.76. The predicted molar refractivity (Wildman–Crippen MR) is 523 cm³/mol. The summed E-state index contributed by atoms with van der Waals surface area (Å²) in [5.41, 5.74) is 62.8. The van der Waals surface area contributed by atoms with Gasteiger partial charge in [0.15, 0.2) is 29.8 Å². The van der Waals surface area contributed by atoms with E-state index in [4.69, 9.17) is 90.1 Å². The first kappa shape index (κ1) is 119. The van der Waals surface area contributed by atoms with Crippen LogP contribution in [0.5, 0.6) is 11.5 Å². The van der Waals surface area contributed by atoms with Gasteiger partial charge in [-0.2, -0.15) is 0 Å². The van der Waals surface area contributed by atoms with Gasteiger partial charge in [-0.15, -0.1) is 0 Å². The summed E-state index contributed by atoms with van der Waals surface area (Å²) in [6, 6.07) is -15.4. The van der Waals surface area contributed by atoms with Crippen molar-refractivity contribution in [3.63, 3.8) is 0 Å². The molecule has 2 saturated heterocycles. The van der Waals surface area contributed by atoms with Gasteiger partial charge in [0.25, 0.3) is 0 Å². The topological polar surface area (TPSA) is 980 Å². The number of nitrogens with zero attached hydrogens (tertiary/aromatic N) is 1. The monoisotopic (exact) mass is 2020 g/mol. The molecular weight excluding hydrogens is 1880 g/mol. The van der Waals surface area contributed by atoms with Crippen LogP contribution < -0.4 is 169 Å². The third-order valence-corrected chi connectivity index (χ3v) is 24.3. The highest BCUT2D eigenvalue weighted by atomic mass is 33.1. The fraction of sp³-hybridized carbons (Fsp3) is 0.590. The molecule has 0 spiro atoms. The average Bonchev–Trinajstić information content (AvgIpc) is 1.71. The first-order chi connectivity index (χ1) is 66.9. The van der Waals surface area contributed by atoms with Crippen LogP contribution >= 0.6 is 21.6 Å².